The lowest BCUT2D eigenvalue weighted by atomic mass is 10.2. The second-order valence-electron chi connectivity index (χ2n) is 6.38. The van der Waals surface area contributed by atoms with Crippen molar-refractivity contribution in [3.8, 4) is 16.3 Å². The number of hydrogen-bond acceptors (Lipinski definition) is 5. The van der Waals surface area contributed by atoms with Crippen LogP contribution in [0.1, 0.15) is 32.2 Å². The normalized spacial score (nSPS) is 10.7. The van der Waals surface area contributed by atoms with E-state index in [-0.39, 0.29) is 0 Å². The van der Waals surface area contributed by atoms with Crippen molar-refractivity contribution < 1.29 is 14.0 Å². The summed E-state index contributed by atoms with van der Waals surface area (Å²) in [5.74, 6) is 0.219. The molecule has 0 saturated carbocycles. The molecule has 2 amide bonds. The van der Waals surface area contributed by atoms with Crippen LogP contribution < -0.4 is 10.9 Å². The fourth-order valence-electron chi connectivity index (χ4n) is 2.95. The molecule has 0 aliphatic heterocycles. The first-order chi connectivity index (χ1) is 14.0. The molecule has 0 fully saturated rings. The van der Waals surface area contributed by atoms with Gasteiger partial charge in [-0.3, -0.25) is 20.4 Å². The fourth-order valence-corrected chi connectivity index (χ4v) is 3.68. The number of aryl methyl sites for hydroxylation is 2. The average molecular weight is 406 g/mol. The number of amides is 2. The van der Waals surface area contributed by atoms with Crippen LogP contribution in [-0.2, 0) is 0 Å². The molecule has 0 aliphatic carbocycles. The number of nitrogens with zero attached hydrogens (tertiary/aromatic N) is 2. The van der Waals surface area contributed by atoms with Crippen molar-refractivity contribution in [2.75, 3.05) is 0 Å². The van der Waals surface area contributed by atoms with E-state index in [1.54, 1.807) is 30.8 Å². The van der Waals surface area contributed by atoms with Crippen LogP contribution in [0.3, 0.4) is 0 Å². The van der Waals surface area contributed by atoms with Crippen molar-refractivity contribution >= 4 is 23.2 Å². The highest BCUT2D eigenvalue weighted by atomic mass is 32.1. The maximum Gasteiger partial charge on any atom is 0.273 e. The highest BCUT2D eigenvalue weighted by molar-refractivity contribution is 7.13. The summed E-state index contributed by atoms with van der Waals surface area (Å²) in [6.07, 6.45) is 1.65. The molecule has 0 unspecified atom stereocenters. The maximum atomic E-state index is 12.8. The van der Waals surface area contributed by atoms with Crippen molar-refractivity contribution in [1.29, 1.82) is 0 Å². The highest BCUT2D eigenvalue weighted by Gasteiger charge is 2.21. The molecule has 3 aromatic heterocycles. The number of para-hydroxylation sites is 1. The predicted octanol–water partition coefficient (Wildman–Crippen LogP) is 3.89. The van der Waals surface area contributed by atoms with E-state index >= 15 is 0 Å². The largest absolute Gasteiger partial charge is 0.466 e. The molecule has 0 aliphatic rings. The maximum absolute atomic E-state index is 12.8. The Hall–Kier alpha value is -3.65. The lowest BCUT2D eigenvalue weighted by molar-refractivity contribution is 0.0846. The van der Waals surface area contributed by atoms with Gasteiger partial charge in [-0.25, -0.2) is 4.68 Å². The molecule has 7 nitrogen and oxygen atoms in total. The molecule has 0 bridgehead atoms. The highest BCUT2D eigenvalue weighted by Crippen LogP contribution is 2.27. The number of aromatic nitrogens is 2. The lowest BCUT2D eigenvalue weighted by Crippen LogP contribution is -2.41. The number of carbonyl (C=O) groups is 2. The number of benzene rings is 1. The van der Waals surface area contributed by atoms with Gasteiger partial charge in [-0.05, 0) is 43.5 Å². The lowest BCUT2D eigenvalue weighted by Gasteiger charge is -2.06. The van der Waals surface area contributed by atoms with Crippen LogP contribution in [0.5, 0.6) is 0 Å². The number of furan rings is 1. The number of nitrogens with one attached hydrogen (secondary N) is 2. The number of rotatable bonds is 4. The monoisotopic (exact) mass is 406 g/mol. The second-order valence-corrected chi connectivity index (χ2v) is 7.33. The van der Waals surface area contributed by atoms with E-state index in [1.807, 2.05) is 47.8 Å². The number of hydrazine groups is 1. The minimum atomic E-state index is -0.457. The molecule has 2 N–H and O–H groups in total. The number of hydrogen-bond donors (Lipinski definition) is 2. The van der Waals surface area contributed by atoms with Gasteiger partial charge in [-0.15, -0.1) is 11.3 Å². The van der Waals surface area contributed by atoms with Crippen LogP contribution >= 0.6 is 11.3 Å². The molecule has 3 heterocycles. The summed E-state index contributed by atoms with van der Waals surface area (Å²) in [7, 11) is 0. The third-order valence-corrected chi connectivity index (χ3v) is 5.19. The average Bonchev–Trinajstić information content (AvgIpc) is 3.46. The third kappa shape index (κ3) is 3.83. The van der Waals surface area contributed by atoms with Crippen LogP contribution in [0.25, 0.3) is 16.3 Å². The SMILES string of the molecule is Cc1cc(C(=O)NNC(=O)c2cn(-c3ccccc3)nc2-c2cccs2)c(C)o1. The molecular weight excluding hydrogens is 388 g/mol. The molecule has 1 aromatic carbocycles. The van der Waals surface area contributed by atoms with Crippen LogP contribution in [0.15, 0.2) is 64.5 Å². The van der Waals surface area contributed by atoms with Gasteiger partial charge in [0.25, 0.3) is 11.8 Å². The topological polar surface area (TPSA) is 89.2 Å². The van der Waals surface area contributed by atoms with Gasteiger partial charge in [0.15, 0.2) is 0 Å². The van der Waals surface area contributed by atoms with E-state index < -0.39 is 11.8 Å². The Morgan fingerprint density at radius 1 is 1.00 bits per heavy atom. The van der Waals surface area contributed by atoms with Gasteiger partial charge in [-0.2, -0.15) is 5.10 Å². The van der Waals surface area contributed by atoms with Gasteiger partial charge in [0, 0.05) is 6.20 Å². The van der Waals surface area contributed by atoms with Gasteiger partial charge in [0.05, 0.1) is 21.7 Å². The molecule has 0 saturated heterocycles. The zero-order chi connectivity index (χ0) is 20.4. The van der Waals surface area contributed by atoms with Crippen LogP contribution in [0.2, 0.25) is 0 Å². The van der Waals surface area contributed by atoms with Crippen molar-refractivity contribution in [3.63, 3.8) is 0 Å². The van der Waals surface area contributed by atoms with Gasteiger partial charge >= 0.3 is 0 Å². The summed E-state index contributed by atoms with van der Waals surface area (Å²) >= 11 is 1.49. The minimum Gasteiger partial charge on any atom is -0.466 e. The Balaban J connectivity index is 1.59. The molecule has 0 atom stereocenters. The summed E-state index contributed by atoms with van der Waals surface area (Å²) in [6, 6.07) is 14.9. The second kappa shape index (κ2) is 7.76. The Morgan fingerprint density at radius 2 is 1.72 bits per heavy atom. The molecule has 146 valence electrons. The van der Waals surface area contributed by atoms with Gasteiger partial charge < -0.3 is 4.42 Å². The Bertz CT molecular complexity index is 1160. The predicted molar refractivity (Wildman–Crippen MR) is 110 cm³/mol. The molecule has 4 rings (SSSR count). The molecule has 0 radical (unpaired) electrons. The molecular formula is C21H18N4O3S. The van der Waals surface area contributed by atoms with E-state index in [1.165, 1.54) is 11.3 Å². The standard InChI is InChI=1S/C21H18N4O3S/c1-13-11-16(14(2)28-13)20(26)22-23-21(27)17-12-25(15-7-4-3-5-8-15)24-19(17)18-9-6-10-29-18/h3-12H,1-2H3,(H,22,26)(H,23,27). The number of carbonyl (C=O) groups excluding carboxylic acids is 2. The molecule has 8 heteroatoms. The summed E-state index contributed by atoms with van der Waals surface area (Å²) < 4.78 is 7.01. The number of thiophene rings is 1. The van der Waals surface area contributed by atoms with E-state index in [2.05, 4.69) is 16.0 Å². The summed E-state index contributed by atoms with van der Waals surface area (Å²) in [6.45, 7) is 3.45. The van der Waals surface area contributed by atoms with Crippen molar-refractivity contribution in [2.24, 2.45) is 0 Å². The van der Waals surface area contributed by atoms with E-state index in [0.29, 0.717) is 28.3 Å². The van der Waals surface area contributed by atoms with Crippen LogP contribution in [0.4, 0.5) is 0 Å². The van der Waals surface area contributed by atoms with E-state index in [4.69, 9.17) is 4.42 Å². The van der Waals surface area contributed by atoms with Gasteiger partial charge in [-0.1, -0.05) is 24.3 Å². The Kier molecular flexibility index (Phi) is 5.01. The third-order valence-electron chi connectivity index (χ3n) is 4.31. The first-order valence-electron chi connectivity index (χ1n) is 8.89. The summed E-state index contributed by atoms with van der Waals surface area (Å²) in [5, 5.41) is 6.51. The zero-order valence-corrected chi connectivity index (χ0v) is 16.6. The molecule has 4 aromatic rings. The summed E-state index contributed by atoms with van der Waals surface area (Å²) in [5.41, 5.74) is 7.03. The molecule has 0 spiro atoms. The van der Waals surface area contributed by atoms with Gasteiger partial charge in [0.2, 0.25) is 0 Å². The van der Waals surface area contributed by atoms with Gasteiger partial charge in [0.1, 0.15) is 17.2 Å². The Labute approximate surface area is 170 Å². The summed E-state index contributed by atoms with van der Waals surface area (Å²) in [4.78, 5) is 26.0. The quantitative estimate of drug-likeness (QED) is 0.503. The molecule has 29 heavy (non-hydrogen) atoms. The van der Waals surface area contributed by atoms with E-state index in [9.17, 15) is 9.59 Å². The van der Waals surface area contributed by atoms with Crippen molar-refractivity contribution in [3.05, 3.63) is 82.8 Å². The van der Waals surface area contributed by atoms with Crippen LogP contribution in [0, 0.1) is 13.8 Å². The first kappa shape index (κ1) is 18.7. The van der Waals surface area contributed by atoms with Crippen molar-refractivity contribution in [2.45, 2.75) is 13.8 Å². The first-order valence-corrected chi connectivity index (χ1v) is 9.77. The zero-order valence-electron chi connectivity index (χ0n) is 15.8. The van der Waals surface area contributed by atoms with E-state index in [0.717, 1.165) is 10.6 Å². The smallest absolute Gasteiger partial charge is 0.273 e. The Morgan fingerprint density at radius 3 is 2.34 bits per heavy atom. The van der Waals surface area contributed by atoms with Crippen LogP contribution in [-0.4, -0.2) is 21.6 Å². The fraction of sp³-hybridized carbons (Fsp3) is 0.0952. The van der Waals surface area contributed by atoms with Crippen molar-refractivity contribution in [1.82, 2.24) is 20.6 Å². The minimum absolute atomic E-state index is 0.358.